The van der Waals surface area contributed by atoms with Crippen molar-refractivity contribution in [1.29, 1.82) is 0 Å². The number of fused-ring (bicyclic) bond motifs is 9. The molecule has 0 radical (unpaired) electrons. The van der Waals surface area contributed by atoms with E-state index in [1.54, 1.807) is 0 Å². The van der Waals surface area contributed by atoms with Gasteiger partial charge in [-0.3, -0.25) is 0 Å². The molecule has 2 aliphatic rings. The van der Waals surface area contributed by atoms with Crippen LogP contribution in [-0.2, 0) is 11.8 Å². The van der Waals surface area contributed by atoms with Gasteiger partial charge in [-0.05, 0) is 85.3 Å². The van der Waals surface area contributed by atoms with Gasteiger partial charge in [0.05, 0.1) is 5.41 Å². The average Bonchev–Trinajstić information content (AvgIpc) is 3.29. The summed E-state index contributed by atoms with van der Waals surface area (Å²) in [5.74, 6) is 0. The number of rotatable bonds is 2. The van der Waals surface area contributed by atoms with Gasteiger partial charge in [0.25, 0.3) is 0 Å². The maximum atomic E-state index is 2.47. The molecule has 0 fully saturated rings. The molecule has 0 unspecified atom stereocenters. The van der Waals surface area contributed by atoms with Gasteiger partial charge in [-0.15, -0.1) is 0 Å². The van der Waals surface area contributed by atoms with Gasteiger partial charge in [0.15, 0.2) is 0 Å². The number of benzene rings is 6. The third kappa shape index (κ3) is 2.92. The predicted octanol–water partition coefficient (Wildman–Crippen LogP) is 9.29. The summed E-state index contributed by atoms with van der Waals surface area (Å²) in [6, 6.07) is 54.0. The Labute approximate surface area is 223 Å². The maximum Gasteiger partial charge on any atom is 0.0719 e. The first kappa shape index (κ1) is 21.4. The molecule has 0 heteroatoms. The van der Waals surface area contributed by atoms with Crippen LogP contribution in [0.1, 0.15) is 33.4 Å². The maximum absolute atomic E-state index is 2.47. The van der Waals surface area contributed by atoms with Crippen LogP contribution >= 0.6 is 0 Å². The first-order valence-corrected chi connectivity index (χ1v) is 13.4. The van der Waals surface area contributed by atoms with Gasteiger partial charge in [-0.1, -0.05) is 133 Å². The van der Waals surface area contributed by atoms with E-state index in [9.17, 15) is 0 Å². The smallest absolute Gasteiger partial charge is 0.0622 e. The lowest BCUT2D eigenvalue weighted by Gasteiger charge is -2.41. The predicted molar refractivity (Wildman–Crippen MR) is 157 cm³/mol. The molecule has 0 aromatic heterocycles. The minimum Gasteiger partial charge on any atom is -0.0622 e. The zero-order valence-electron chi connectivity index (χ0n) is 21.1. The van der Waals surface area contributed by atoms with Gasteiger partial charge >= 0.3 is 0 Å². The molecular formula is C38H26. The summed E-state index contributed by atoms with van der Waals surface area (Å²) in [5, 5.41) is 0. The summed E-state index contributed by atoms with van der Waals surface area (Å²) in [6.45, 7) is 0. The molecule has 0 nitrogen and oxygen atoms in total. The molecule has 0 heterocycles. The largest absolute Gasteiger partial charge is 0.0719 e. The van der Waals surface area contributed by atoms with Crippen molar-refractivity contribution in [3.63, 3.8) is 0 Å². The normalized spacial score (nSPS) is 13.9. The Morgan fingerprint density at radius 3 is 1.24 bits per heavy atom. The molecule has 0 aliphatic heterocycles. The molecule has 1 spiro atoms. The van der Waals surface area contributed by atoms with Crippen molar-refractivity contribution in [1.82, 2.24) is 0 Å². The quantitative estimate of drug-likeness (QED) is 0.230. The van der Waals surface area contributed by atoms with Crippen LogP contribution in [0.2, 0.25) is 0 Å². The van der Waals surface area contributed by atoms with Crippen LogP contribution in [0.5, 0.6) is 0 Å². The van der Waals surface area contributed by atoms with Crippen molar-refractivity contribution >= 4 is 0 Å². The Bertz CT molecular complexity index is 1690. The Morgan fingerprint density at radius 1 is 0.342 bits per heavy atom. The van der Waals surface area contributed by atoms with Crippen LogP contribution in [0.25, 0.3) is 33.4 Å². The lowest BCUT2D eigenvalue weighted by molar-refractivity contribution is 0.723. The lowest BCUT2D eigenvalue weighted by Crippen LogP contribution is -2.34. The summed E-state index contributed by atoms with van der Waals surface area (Å²) in [4.78, 5) is 0. The molecular weight excluding hydrogens is 456 g/mol. The Balaban J connectivity index is 1.50. The summed E-state index contributed by atoms with van der Waals surface area (Å²) in [6.07, 6.45) is 0.945. The third-order valence-corrected chi connectivity index (χ3v) is 8.58. The second-order valence-electron chi connectivity index (χ2n) is 10.5. The average molecular weight is 483 g/mol. The number of hydrogen-bond donors (Lipinski definition) is 0. The van der Waals surface area contributed by atoms with E-state index < -0.39 is 0 Å². The van der Waals surface area contributed by atoms with Crippen molar-refractivity contribution in [3.05, 3.63) is 179 Å². The fourth-order valence-corrected chi connectivity index (χ4v) is 6.95. The van der Waals surface area contributed by atoms with Gasteiger partial charge in [0, 0.05) is 0 Å². The fourth-order valence-electron chi connectivity index (χ4n) is 6.95. The minimum absolute atomic E-state index is 0.355. The van der Waals surface area contributed by atoms with Gasteiger partial charge in [-0.2, -0.15) is 0 Å². The van der Waals surface area contributed by atoms with E-state index in [0.717, 1.165) is 6.42 Å². The molecule has 6 aromatic rings. The molecule has 38 heavy (non-hydrogen) atoms. The Kier molecular flexibility index (Phi) is 4.60. The molecule has 0 atom stereocenters. The molecule has 0 N–H and O–H groups in total. The number of hydrogen-bond acceptors (Lipinski definition) is 0. The van der Waals surface area contributed by atoms with Gasteiger partial charge in [-0.25, -0.2) is 0 Å². The van der Waals surface area contributed by atoms with Gasteiger partial charge in [0.1, 0.15) is 0 Å². The lowest BCUT2D eigenvalue weighted by atomic mass is 9.61. The highest BCUT2D eigenvalue weighted by Crippen LogP contribution is 2.59. The molecule has 0 saturated heterocycles. The Morgan fingerprint density at radius 2 is 0.763 bits per heavy atom. The van der Waals surface area contributed by atoms with Crippen molar-refractivity contribution in [2.24, 2.45) is 0 Å². The SMILES string of the molecule is c1ccc(-c2ccc3c(c2)C2(c4cc(-c5ccccc5)ccc4C3)c3ccccc3-c3ccccc32)cc1. The van der Waals surface area contributed by atoms with Crippen LogP contribution < -0.4 is 0 Å². The highest BCUT2D eigenvalue weighted by atomic mass is 14.5. The van der Waals surface area contributed by atoms with Crippen molar-refractivity contribution in [3.8, 4) is 33.4 Å². The van der Waals surface area contributed by atoms with E-state index in [2.05, 4.69) is 146 Å². The Hall–Kier alpha value is -4.68. The van der Waals surface area contributed by atoms with E-state index in [4.69, 9.17) is 0 Å². The molecule has 0 saturated carbocycles. The molecule has 6 aromatic carbocycles. The molecule has 0 bridgehead atoms. The van der Waals surface area contributed by atoms with E-state index in [-0.39, 0.29) is 5.41 Å². The van der Waals surface area contributed by atoms with E-state index in [1.807, 2.05) is 0 Å². The van der Waals surface area contributed by atoms with Crippen LogP contribution in [0.15, 0.2) is 146 Å². The zero-order chi connectivity index (χ0) is 25.1. The van der Waals surface area contributed by atoms with E-state index >= 15 is 0 Å². The summed E-state index contributed by atoms with van der Waals surface area (Å²) >= 11 is 0. The summed E-state index contributed by atoms with van der Waals surface area (Å²) in [5.41, 5.74) is 15.8. The van der Waals surface area contributed by atoms with Crippen LogP contribution in [-0.4, -0.2) is 0 Å². The van der Waals surface area contributed by atoms with E-state index in [1.165, 1.54) is 66.8 Å². The summed E-state index contributed by atoms with van der Waals surface area (Å²) < 4.78 is 0. The third-order valence-electron chi connectivity index (χ3n) is 8.58. The van der Waals surface area contributed by atoms with Crippen molar-refractivity contribution in [2.45, 2.75) is 11.8 Å². The van der Waals surface area contributed by atoms with Crippen LogP contribution in [0, 0.1) is 0 Å². The topological polar surface area (TPSA) is 0 Å². The first-order valence-electron chi connectivity index (χ1n) is 13.4. The molecule has 0 amide bonds. The standard InChI is InChI=1S/C38H26/c1-3-11-26(12-4-1)28-19-21-30-23-31-22-20-29(27-13-5-2-6-14-27)25-37(31)38(36(30)24-28)34-17-9-7-15-32(34)33-16-8-10-18-35(33)38/h1-22,24-25H,23H2. The highest BCUT2D eigenvalue weighted by molar-refractivity contribution is 5.89. The first-order chi connectivity index (χ1) is 18.8. The minimum atomic E-state index is -0.355. The molecule has 2 aliphatic carbocycles. The molecule has 178 valence electrons. The summed E-state index contributed by atoms with van der Waals surface area (Å²) in [7, 11) is 0. The fraction of sp³-hybridized carbons (Fsp3) is 0.0526. The highest BCUT2D eigenvalue weighted by Gasteiger charge is 2.49. The van der Waals surface area contributed by atoms with Crippen LogP contribution in [0.3, 0.4) is 0 Å². The second-order valence-corrected chi connectivity index (χ2v) is 10.5. The van der Waals surface area contributed by atoms with Crippen molar-refractivity contribution < 1.29 is 0 Å². The van der Waals surface area contributed by atoms with Crippen LogP contribution in [0.4, 0.5) is 0 Å². The monoisotopic (exact) mass is 482 g/mol. The zero-order valence-corrected chi connectivity index (χ0v) is 21.1. The van der Waals surface area contributed by atoms with E-state index in [0.29, 0.717) is 0 Å². The second kappa shape index (κ2) is 8.16. The van der Waals surface area contributed by atoms with Crippen molar-refractivity contribution in [2.75, 3.05) is 0 Å². The molecule has 8 rings (SSSR count). The van der Waals surface area contributed by atoms with Gasteiger partial charge in [0.2, 0.25) is 0 Å². The van der Waals surface area contributed by atoms with Gasteiger partial charge < -0.3 is 0 Å².